The largest absolute Gasteiger partial charge is 0.380 e. The second-order valence-electron chi connectivity index (χ2n) is 4.44. The highest BCUT2D eigenvalue weighted by Crippen LogP contribution is 2.16. The number of halogens is 1. The van der Waals surface area contributed by atoms with Gasteiger partial charge in [-0.2, -0.15) is 0 Å². The Bertz CT molecular complexity index is 520. The van der Waals surface area contributed by atoms with Crippen molar-refractivity contribution in [1.29, 1.82) is 0 Å². The highest BCUT2D eigenvalue weighted by atomic mass is 35.5. The lowest BCUT2D eigenvalue weighted by Gasteiger charge is -2.06. The van der Waals surface area contributed by atoms with Gasteiger partial charge in [0, 0.05) is 25.5 Å². The van der Waals surface area contributed by atoms with Gasteiger partial charge in [0.2, 0.25) is 0 Å². The summed E-state index contributed by atoms with van der Waals surface area (Å²) in [6.45, 7) is 6.01. The summed E-state index contributed by atoms with van der Waals surface area (Å²) in [7, 11) is 0. The first-order valence-corrected chi connectivity index (χ1v) is 6.57. The summed E-state index contributed by atoms with van der Waals surface area (Å²) >= 11 is 5.89. The number of rotatable bonds is 5. The number of nitrogens with zero attached hydrogens (tertiary/aromatic N) is 2. The van der Waals surface area contributed by atoms with Gasteiger partial charge in [-0.3, -0.25) is 0 Å². The second-order valence-corrected chi connectivity index (χ2v) is 4.80. The first-order valence-electron chi connectivity index (χ1n) is 6.19. The van der Waals surface area contributed by atoms with Crippen LogP contribution < -0.4 is 5.32 Å². The molecular weight excluding hydrogens is 246 g/mol. The van der Waals surface area contributed by atoms with Gasteiger partial charge in [0.15, 0.2) is 0 Å². The fraction of sp³-hybridized carbons (Fsp3) is 0.357. The Balaban J connectivity index is 1.95. The molecule has 0 unspecified atom stereocenters. The van der Waals surface area contributed by atoms with Crippen LogP contribution in [-0.4, -0.2) is 9.55 Å². The average Bonchev–Trinajstić information content (AvgIpc) is 2.79. The lowest BCUT2D eigenvalue weighted by molar-refractivity contribution is 0.681. The van der Waals surface area contributed by atoms with Gasteiger partial charge in [0.25, 0.3) is 0 Å². The zero-order valence-corrected chi connectivity index (χ0v) is 11.5. The highest BCUT2D eigenvalue weighted by Gasteiger charge is 2.00. The number of aryl methyl sites for hydroxylation is 2. The molecule has 0 amide bonds. The number of hydrogen-bond donors (Lipinski definition) is 1. The van der Waals surface area contributed by atoms with Gasteiger partial charge in [0.05, 0.1) is 11.9 Å². The SMILES string of the molecule is CCCn1ccc(CNc2cnc(Cl)c(C)c2)c1. The number of anilines is 1. The van der Waals surface area contributed by atoms with E-state index in [-0.39, 0.29) is 0 Å². The van der Waals surface area contributed by atoms with Crippen molar-refractivity contribution >= 4 is 17.3 Å². The third kappa shape index (κ3) is 3.26. The number of nitrogens with one attached hydrogen (secondary N) is 1. The van der Waals surface area contributed by atoms with Gasteiger partial charge in [-0.1, -0.05) is 18.5 Å². The van der Waals surface area contributed by atoms with E-state index in [2.05, 4.69) is 40.3 Å². The zero-order chi connectivity index (χ0) is 13.0. The van der Waals surface area contributed by atoms with E-state index in [1.165, 1.54) is 5.56 Å². The fourth-order valence-corrected chi connectivity index (χ4v) is 1.95. The second kappa shape index (κ2) is 5.91. The van der Waals surface area contributed by atoms with Gasteiger partial charge in [-0.15, -0.1) is 0 Å². The lowest BCUT2D eigenvalue weighted by atomic mass is 10.3. The Labute approximate surface area is 113 Å². The summed E-state index contributed by atoms with van der Waals surface area (Å²) in [6, 6.07) is 4.15. The van der Waals surface area contributed by atoms with Crippen LogP contribution in [0.1, 0.15) is 24.5 Å². The minimum atomic E-state index is 0.564. The average molecular weight is 264 g/mol. The molecule has 0 aliphatic rings. The van der Waals surface area contributed by atoms with E-state index in [1.54, 1.807) is 6.20 Å². The Kier molecular flexibility index (Phi) is 4.26. The van der Waals surface area contributed by atoms with Crippen LogP contribution in [0.3, 0.4) is 0 Å². The molecule has 0 bridgehead atoms. The molecule has 0 aliphatic heterocycles. The Morgan fingerprint density at radius 3 is 3.00 bits per heavy atom. The van der Waals surface area contributed by atoms with Gasteiger partial charge in [-0.25, -0.2) is 4.98 Å². The maximum Gasteiger partial charge on any atom is 0.132 e. The third-order valence-electron chi connectivity index (χ3n) is 2.80. The Morgan fingerprint density at radius 2 is 2.28 bits per heavy atom. The normalized spacial score (nSPS) is 10.6. The molecule has 2 aromatic rings. The maximum absolute atomic E-state index is 5.89. The van der Waals surface area contributed by atoms with Crippen LogP contribution in [0.5, 0.6) is 0 Å². The van der Waals surface area contributed by atoms with Crippen LogP contribution in [-0.2, 0) is 13.1 Å². The van der Waals surface area contributed by atoms with Gasteiger partial charge in [-0.05, 0) is 36.6 Å². The molecule has 1 N–H and O–H groups in total. The summed E-state index contributed by atoms with van der Waals surface area (Å²) in [6.07, 6.45) is 7.21. The summed E-state index contributed by atoms with van der Waals surface area (Å²) < 4.78 is 2.21. The summed E-state index contributed by atoms with van der Waals surface area (Å²) in [4.78, 5) is 4.12. The quantitative estimate of drug-likeness (QED) is 0.830. The minimum Gasteiger partial charge on any atom is -0.380 e. The Morgan fingerprint density at radius 1 is 1.44 bits per heavy atom. The van der Waals surface area contributed by atoms with Crippen LogP contribution in [0.15, 0.2) is 30.7 Å². The van der Waals surface area contributed by atoms with Crippen LogP contribution in [0.2, 0.25) is 5.15 Å². The molecule has 18 heavy (non-hydrogen) atoms. The molecule has 4 heteroatoms. The van der Waals surface area contributed by atoms with E-state index in [0.29, 0.717) is 5.15 Å². The molecule has 0 aliphatic carbocycles. The summed E-state index contributed by atoms with van der Waals surface area (Å²) in [5.74, 6) is 0. The van der Waals surface area contributed by atoms with Crippen molar-refractivity contribution in [2.24, 2.45) is 0 Å². The molecule has 0 saturated heterocycles. The standard InChI is InChI=1S/C14H18ClN3/c1-3-5-18-6-4-12(10-18)8-16-13-7-11(2)14(15)17-9-13/h4,6-7,9-10,16H,3,5,8H2,1-2H3. The van der Waals surface area contributed by atoms with E-state index in [0.717, 1.165) is 30.8 Å². The predicted molar refractivity (Wildman–Crippen MR) is 76.0 cm³/mol. The first kappa shape index (κ1) is 13.0. The topological polar surface area (TPSA) is 29.9 Å². The molecule has 0 spiro atoms. The molecule has 2 heterocycles. The number of pyridine rings is 1. The minimum absolute atomic E-state index is 0.564. The lowest BCUT2D eigenvalue weighted by Crippen LogP contribution is -2.00. The number of aromatic nitrogens is 2. The van der Waals surface area contributed by atoms with E-state index < -0.39 is 0 Å². The van der Waals surface area contributed by atoms with Gasteiger partial charge < -0.3 is 9.88 Å². The van der Waals surface area contributed by atoms with E-state index >= 15 is 0 Å². The maximum atomic E-state index is 5.89. The zero-order valence-electron chi connectivity index (χ0n) is 10.8. The van der Waals surface area contributed by atoms with Crippen molar-refractivity contribution in [3.05, 3.63) is 47.0 Å². The van der Waals surface area contributed by atoms with Crippen molar-refractivity contribution < 1.29 is 0 Å². The third-order valence-corrected chi connectivity index (χ3v) is 3.20. The van der Waals surface area contributed by atoms with Gasteiger partial charge in [0.1, 0.15) is 5.15 Å². The van der Waals surface area contributed by atoms with Crippen molar-refractivity contribution in [2.45, 2.75) is 33.4 Å². The molecule has 0 atom stereocenters. The molecule has 0 aromatic carbocycles. The summed E-state index contributed by atoms with van der Waals surface area (Å²) in [5.41, 5.74) is 3.27. The highest BCUT2D eigenvalue weighted by molar-refractivity contribution is 6.30. The fourth-order valence-electron chi connectivity index (χ4n) is 1.85. The molecule has 0 saturated carbocycles. The van der Waals surface area contributed by atoms with Crippen LogP contribution in [0, 0.1) is 6.92 Å². The predicted octanol–water partition coefficient (Wildman–Crippen LogP) is 3.87. The summed E-state index contributed by atoms with van der Waals surface area (Å²) in [5, 5.41) is 3.91. The van der Waals surface area contributed by atoms with E-state index in [1.807, 2.05) is 13.0 Å². The molecule has 2 aromatic heterocycles. The van der Waals surface area contributed by atoms with Crippen molar-refractivity contribution in [3.63, 3.8) is 0 Å². The van der Waals surface area contributed by atoms with Crippen LogP contribution >= 0.6 is 11.6 Å². The molecule has 0 radical (unpaired) electrons. The Hall–Kier alpha value is -1.48. The monoisotopic (exact) mass is 263 g/mol. The molecule has 96 valence electrons. The van der Waals surface area contributed by atoms with Crippen LogP contribution in [0.25, 0.3) is 0 Å². The first-order chi connectivity index (χ1) is 8.69. The van der Waals surface area contributed by atoms with Crippen molar-refractivity contribution in [2.75, 3.05) is 5.32 Å². The van der Waals surface area contributed by atoms with Gasteiger partial charge >= 0.3 is 0 Å². The van der Waals surface area contributed by atoms with E-state index in [9.17, 15) is 0 Å². The van der Waals surface area contributed by atoms with E-state index in [4.69, 9.17) is 11.6 Å². The van der Waals surface area contributed by atoms with Crippen molar-refractivity contribution in [1.82, 2.24) is 9.55 Å². The molecular formula is C14H18ClN3. The molecule has 3 nitrogen and oxygen atoms in total. The van der Waals surface area contributed by atoms with Crippen molar-refractivity contribution in [3.8, 4) is 0 Å². The molecule has 2 rings (SSSR count). The van der Waals surface area contributed by atoms with Crippen LogP contribution in [0.4, 0.5) is 5.69 Å². The smallest absolute Gasteiger partial charge is 0.132 e. The number of hydrogen-bond acceptors (Lipinski definition) is 2. The molecule has 0 fully saturated rings.